The van der Waals surface area contributed by atoms with Crippen LogP contribution in [0.15, 0.2) is 68.6 Å². The van der Waals surface area contributed by atoms with Gasteiger partial charge in [0.15, 0.2) is 0 Å². The van der Waals surface area contributed by atoms with Gasteiger partial charge in [0, 0.05) is 5.69 Å². The van der Waals surface area contributed by atoms with Crippen molar-refractivity contribution in [2.45, 2.75) is 16.7 Å². The molecule has 0 radical (unpaired) electrons. The minimum absolute atomic E-state index is 0.133. The highest BCUT2D eigenvalue weighted by Crippen LogP contribution is 2.33. The maximum absolute atomic E-state index is 11.8. The Labute approximate surface area is 161 Å². The number of rotatable bonds is 4. The largest absolute Gasteiger partial charge is 0.399 e. The lowest BCUT2D eigenvalue weighted by molar-refractivity contribution is 0.481. The van der Waals surface area contributed by atoms with Crippen LogP contribution in [0.3, 0.4) is 0 Å². The summed E-state index contributed by atoms with van der Waals surface area (Å²) in [6.07, 6.45) is 0. The van der Waals surface area contributed by atoms with Gasteiger partial charge >= 0.3 is 0 Å². The summed E-state index contributed by atoms with van der Waals surface area (Å²) in [5.41, 5.74) is 7.25. The molecule has 0 saturated carbocycles. The van der Waals surface area contributed by atoms with E-state index in [0.29, 0.717) is 16.8 Å². The van der Waals surface area contributed by atoms with Crippen molar-refractivity contribution in [3.05, 3.63) is 54.1 Å². The molecule has 28 heavy (non-hydrogen) atoms. The van der Waals surface area contributed by atoms with Crippen LogP contribution >= 0.6 is 0 Å². The number of hydrogen-bond acceptors (Lipinski definition) is 7. The van der Waals surface area contributed by atoms with Gasteiger partial charge in [0.1, 0.15) is 10.6 Å². The topological polar surface area (TPSA) is 159 Å². The summed E-state index contributed by atoms with van der Waals surface area (Å²) >= 11 is 0. The molecule has 3 aromatic carbocycles. The average Bonchev–Trinajstić information content (AvgIpc) is 2.58. The van der Waals surface area contributed by atoms with Crippen molar-refractivity contribution in [1.29, 1.82) is 0 Å². The third kappa shape index (κ3) is 4.17. The Morgan fingerprint density at radius 3 is 2.07 bits per heavy atom. The van der Waals surface area contributed by atoms with Crippen LogP contribution in [0.4, 0.5) is 17.1 Å². The Hall–Kier alpha value is -2.86. The summed E-state index contributed by atoms with van der Waals surface area (Å²) < 4.78 is 64.8. The van der Waals surface area contributed by atoms with E-state index in [0.717, 1.165) is 23.8 Å². The normalized spacial score (nSPS) is 12.7. The first kappa shape index (κ1) is 19.9. The van der Waals surface area contributed by atoms with Gasteiger partial charge in [-0.25, -0.2) is 0 Å². The summed E-state index contributed by atoms with van der Waals surface area (Å²) in [4.78, 5) is -0.961. The number of nitrogens with zero attached hydrogens (tertiary/aromatic N) is 2. The predicted molar refractivity (Wildman–Crippen MR) is 103 cm³/mol. The van der Waals surface area contributed by atoms with Crippen molar-refractivity contribution < 1.29 is 25.9 Å². The second-order valence-electron chi connectivity index (χ2n) is 6.02. The van der Waals surface area contributed by atoms with Crippen LogP contribution < -0.4 is 5.73 Å². The van der Waals surface area contributed by atoms with Crippen molar-refractivity contribution in [2.75, 3.05) is 5.73 Å². The van der Waals surface area contributed by atoms with Crippen LogP contribution in [0.1, 0.15) is 5.56 Å². The monoisotopic (exact) mass is 421 g/mol. The molecule has 0 atom stereocenters. The third-order valence-corrected chi connectivity index (χ3v) is 5.68. The van der Waals surface area contributed by atoms with Crippen LogP contribution in [0.25, 0.3) is 10.8 Å². The summed E-state index contributed by atoms with van der Waals surface area (Å²) in [6, 6.07) is 10.9. The maximum Gasteiger partial charge on any atom is 0.296 e. The Morgan fingerprint density at radius 1 is 0.786 bits per heavy atom. The number of aryl methyl sites for hydroxylation is 1. The summed E-state index contributed by atoms with van der Waals surface area (Å²) in [5, 5.41) is 8.55. The molecule has 146 valence electrons. The molecule has 0 bridgehead atoms. The van der Waals surface area contributed by atoms with E-state index in [1.807, 2.05) is 0 Å². The van der Waals surface area contributed by atoms with Gasteiger partial charge in [0.2, 0.25) is 0 Å². The fourth-order valence-electron chi connectivity index (χ4n) is 2.59. The van der Waals surface area contributed by atoms with E-state index in [9.17, 15) is 21.4 Å². The van der Waals surface area contributed by atoms with E-state index in [1.165, 1.54) is 12.1 Å². The highest BCUT2D eigenvalue weighted by molar-refractivity contribution is 7.86. The molecule has 0 amide bonds. The first-order valence-corrected chi connectivity index (χ1v) is 10.6. The summed E-state index contributed by atoms with van der Waals surface area (Å²) in [6.45, 7) is 1.76. The van der Waals surface area contributed by atoms with Crippen LogP contribution in [-0.2, 0) is 20.2 Å². The maximum atomic E-state index is 11.8. The molecule has 9 nitrogen and oxygen atoms in total. The molecule has 0 aliphatic rings. The number of fused-ring (bicyclic) bond motifs is 1. The molecule has 0 aliphatic heterocycles. The zero-order valence-corrected chi connectivity index (χ0v) is 16.1. The van der Waals surface area contributed by atoms with Crippen molar-refractivity contribution in [3.8, 4) is 0 Å². The molecule has 0 aliphatic carbocycles. The smallest absolute Gasteiger partial charge is 0.296 e. The quantitative estimate of drug-likeness (QED) is 0.329. The molecule has 0 saturated heterocycles. The molecule has 0 aromatic heterocycles. The highest BCUT2D eigenvalue weighted by Gasteiger charge is 2.18. The highest BCUT2D eigenvalue weighted by atomic mass is 32.2. The fourth-order valence-corrected chi connectivity index (χ4v) is 3.74. The number of benzene rings is 3. The van der Waals surface area contributed by atoms with Crippen molar-refractivity contribution >= 4 is 48.1 Å². The first-order valence-electron chi connectivity index (χ1n) is 7.76. The lowest BCUT2D eigenvalue weighted by Gasteiger charge is -2.07. The van der Waals surface area contributed by atoms with Gasteiger partial charge in [-0.15, -0.1) is 5.11 Å². The molecule has 4 N–H and O–H groups in total. The third-order valence-electron chi connectivity index (χ3n) is 3.95. The Bertz CT molecular complexity index is 1330. The van der Waals surface area contributed by atoms with Gasteiger partial charge in [0.05, 0.1) is 10.6 Å². The number of anilines is 1. The number of nitrogen functional groups attached to an aromatic ring is 1. The molecular weight excluding hydrogens is 406 g/mol. The summed E-state index contributed by atoms with van der Waals surface area (Å²) in [5.74, 6) is 0. The van der Waals surface area contributed by atoms with Crippen LogP contribution in [-0.4, -0.2) is 25.9 Å². The molecule has 0 fully saturated rings. The van der Waals surface area contributed by atoms with E-state index in [1.54, 1.807) is 25.1 Å². The Balaban J connectivity index is 2.19. The summed E-state index contributed by atoms with van der Waals surface area (Å²) in [7, 11) is -9.15. The zero-order chi connectivity index (χ0) is 20.7. The Kier molecular flexibility index (Phi) is 4.93. The molecule has 0 unspecified atom stereocenters. The van der Waals surface area contributed by atoms with Crippen molar-refractivity contribution in [2.24, 2.45) is 10.2 Å². The first-order chi connectivity index (χ1) is 12.9. The second-order valence-corrected chi connectivity index (χ2v) is 8.84. The number of nitrogens with two attached hydrogens (primary N) is 1. The van der Waals surface area contributed by atoms with Crippen molar-refractivity contribution in [3.63, 3.8) is 0 Å². The van der Waals surface area contributed by atoms with Gasteiger partial charge in [-0.1, -0.05) is 6.07 Å². The van der Waals surface area contributed by atoms with Gasteiger partial charge in [-0.2, -0.15) is 21.9 Å². The molecule has 0 heterocycles. The molecule has 11 heteroatoms. The molecule has 0 spiro atoms. The molecular formula is C17H15N3O6S2. The van der Waals surface area contributed by atoms with E-state index < -0.39 is 30.0 Å². The second kappa shape index (κ2) is 6.95. The van der Waals surface area contributed by atoms with Gasteiger partial charge in [0.25, 0.3) is 20.2 Å². The van der Waals surface area contributed by atoms with Crippen LogP contribution in [0.2, 0.25) is 0 Å². The van der Waals surface area contributed by atoms with Gasteiger partial charge in [-0.05, 0) is 65.7 Å². The molecule has 3 aromatic rings. The number of hydrogen-bond donors (Lipinski definition) is 3. The predicted octanol–water partition coefficient (Wildman–Crippen LogP) is 3.64. The van der Waals surface area contributed by atoms with Gasteiger partial charge < -0.3 is 5.73 Å². The SMILES string of the molecule is Cc1cc(N)ccc1N=Nc1cc2ccc(S(=O)(=O)O)cc2cc1S(=O)(=O)O. The standard InChI is InChI=1S/C17H15N3O6S2/c1-10-6-13(18)3-5-15(10)19-20-16-8-11-2-4-14(27(21,22)23)7-12(11)9-17(16)28(24,25)26/h2-9H,18H2,1H3,(H,21,22,23)(H,24,25,26). The minimum Gasteiger partial charge on any atom is -0.399 e. The zero-order valence-electron chi connectivity index (χ0n) is 14.4. The van der Waals surface area contributed by atoms with Gasteiger partial charge in [-0.3, -0.25) is 9.11 Å². The van der Waals surface area contributed by atoms with Crippen LogP contribution in [0, 0.1) is 6.92 Å². The molecule has 3 rings (SSSR count). The number of azo groups is 1. The average molecular weight is 421 g/mol. The fraction of sp³-hybridized carbons (Fsp3) is 0.0588. The van der Waals surface area contributed by atoms with E-state index in [2.05, 4.69) is 10.2 Å². The van der Waals surface area contributed by atoms with Crippen molar-refractivity contribution in [1.82, 2.24) is 0 Å². The van der Waals surface area contributed by atoms with E-state index in [4.69, 9.17) is 10.3 Å². The van der Waals surface area contributed by atoms with Crippen LogP contribution in [0.5, 0.6) is 0 Å². The Morgan fingerprint density at radius 2 is 1.46 bits per heavy atom. The minimum atomic E-state index is -4.68. The lowest BCUT2D eigenvalue weighted by Crippen LogP contribution is -2.00. The van der Waals surface area contributed by atoms with E-state index >= 15 is 0 Å². The lowest BCUT2D eigenvalue weighted by atomic mass is 10.1. The van der Waals surface area contributed by atoms with E-state index in [-0.39, 0.29) is 11.1 Å².